The van der Waals surface area contributed by atoms with Gasteiger partial charge in [0.1, 0.15) is 0 Å². The minimum Gasteiger partial charge on any atom is -0.377 e. The van der Waals surface area contributed by atoms with Crippen LogP contribution in [0.3, 0.4) is 0 Å². The Bertz CT molecular complexity index is 374. The monoisotopic (exact) mass is 279 g/mol. The second kappa shape index (κ2) is 5.55. The smallest absolute Gasteiger partial charge is 0.191 e. The SMILES string of the molecule is CN=C(NC1CCCC1)NC1C2CCCOC2C1(C)C. The lowest BCUT2D eigenvalue weighted by molar-refractivity contribution is -0.188. The molecular weight excluding hydrogens is 250 g/mol. The first-order chi connectivity index (χ1) is 9.63. The van der Waals surface area contributed by atoms with E-state index in [4.69, 9.17) is 4.74 Å². The summed E-state index contributed by atoms with van der Waals surface area (Å²) in [7, 11) is 1.88. The average molecular weight is 279 g/mol. The molecule has 4 heteroatoms. The zero-order valence-corrected chi connectivity index (χ0v) is 13.1. The molecule has 3 atom stereocenters. The van der Waals surface area contributed by atoms with Crippen LogP contribution in [0.2, 0.25) is 0 Å². The molecule has 0 bridgehead atoms. The zero-order chi connectivity index (χ0) is 14.2. The minimum atomic E-state index is 0.207. The van der Waals surface area contributed by atoms with E-state index in [-0.39, 0.29) is 5.41 Å². The summed E-state index contributed by atoms with van der Waals surface area (Å²) in [5, 5.41) is 7.27. The standard InChI is InChI=1S/C16H29N3O/c1-16(2)13(12-9-6-10-20-14(12)16)19-15(17-3)18-11-7-4-5-8-11/h11-14H,4-10H2,1-3H3,(H2,17,18,19). The van der Waals surface area contributed by atoms with Crippen LogP contribution in [0, 0.1) is 11.3 Å². The number of hydrogen-bond acceptors (Lipinski definition) is 2. The molecule has 2 saturated carbocycles. The molecular formula is C16H29N3O. The number of rotatable bonds is 2. The van der Waals surface area contributed by atoms with E-state index in [0.29, 0.717) is 24.1 Å². The number of nitrogens with one attached hydrogen (secondary N) is 2. The van der Waals surface area contributed by atoms with Gasteiger partial charge in [0.05, 0.1) is 6.10 Å². The summed E-state index contributed by atoms with van der Waals surface area (Å²) in [6.45, 7) is 5.58. The predicted molar refractivity (Wildman–Crippen MR) is 81.9 cm³/mol. The molecule has 2 aliphatic carbocycles. The first-order valence-corrected chi connectivity index (χ1v) is 8.24. The number of hydrogen-bond donors (Lipinski definition) is 2. The molecule has 3 rings (SSSR count). The van der Waals surface area contributed by atoms with Crippen LogP contribution in [0.1, 0.15) is 52.4 Å². The molecule has 0 aromatic carbocycles. The molecule has 3 unspecified atom stereocenters. The zero-order valence-electron chi connectivity index (χ0n) is 13.1. The Labute approximate surface area is 122 Å². The third-order valence-electron chi connectivity index (χ3n) is 5.54. The van der Waals surface area contributed by atoms with E-state index in [2.05, 4.69) is 29.5 Å². The van der Waals surface area contributed by atoms with Gasteiger partial charge in [0.25, 0.3) is 0 Å². The van der Waals surface area contributed by atoms with Crippen molar-refractivity contribution in [1.82, 2.24) is 10.6 Å². The maximum absolute atomic E-state index is 5.97. The van der Waals surface area contributed by atoms with E-state index in [1.165, 1.54) is 38.5 Å². The highest BCUT2D eigenvalue weighted by Crippen LogP contribution is 2.51. The molecule has 20 heavy (non-hydrogen) atoms. The third kappa shape index (κ3) is 2.43. The summed E-state index contributed by atoms with van der Waals surface area (Å²) in [4.78, 5) is 4.43. The largest absolute Gasteiger partial charge is 0.377 e. The Hall–Kier alpha value is -0.770. The highest BCUT2D eigenvalue weighted by Gasteiger charge is 2.58. The molecule has 3 aliphatic rings. The van der Waals surface area contributed by atoms with E-state index in [9.17, 15) is 0 Å². The summed E-state index contributed by atoms with van der Waals surface area (Å²) in [6.07, 6.45) is 8.17. The van der Waals surface area contributed by atoms with Crippen LogP contribution in [0.25, 0.3) is 0 Å². The summed E-state index contributed by atoms with van der Waals surface area (Å²) in [6, 6.07) is 1.10. The molecule has 1 saturated heterocycles. The van der Waals surface area contributed by atoms with Crippen LogP contribution in [0.4, 0.5) is 0 Å². The van der Waals surface area contributed by atoms with Gasteiger partial charge < -0.3 is 15.4 Å². The number of guanidine groups is 1. The highest BCUT2D eigenvalue weighted by molar-refractivity contribution is 5.80. The number of aliphatic imine (C=N–C) groups is 1. The minimum absolute atomic E-state index is 0.207. The van der Waals surface area contributed by atoms with Gasteiger partial charge >= 0.3 is 0 Å². The maximum atomic E-state index is 5.97. The first-order valence-electron chi connectivity index (χ1n) is 8.24. The highest BCUT2D eigenvalue weighted by atomic mass is 16.5. The fourth-order valence-electron chi connectivity index (χ4n) is 4.40. The van der Waals surface area contributed by atoms with Gasteiger partial charge in [-0.05, 0) is 25.7 Å². The fourth-order valence-corrected chi connectivity index (χ4v) is 4.40. The van der Waals surface area contributed by atoms with Crippen LogP contribution >= 0.6 is 0 Å². The Balaban J connectivity index is 1.60. The summed E-state index contributed by atoms with van der Waals surface area (Å²) in [5.41, 5.74) is 0.207. The third-order valence-corrected chi connectivity index (χ3v) is 5.54. The topological polar surface area (TPSA) is 45.7 Å². The Morgan fingerprint density at radius 2 is 1.85 bits per heavy atom. The van der Waals surface area contributed by atoms with Crippen molar-refractivity contribution in [2.75, 3.05) is 13.7 Å². The lowest BCUT2D eigenvalue weighted by atomic mass is 9.55. The van der Waals surface area contributed by atoms with Gasteiger partial charge in [-0.3, -0.25) is 4.99 Å². The van der Waals surface area contributed by atoms with Crippen molar-refractivity contribution in [2.24, 2.45) is 16.3 Å². The van der Waals surface area contributed by atoms with E-state index in [1.54, 1.807) is 0 Å². The van der Waals surface area contributed by atoms with E-state index in [1.807, 2.05) is 7.05 Å². The molecule has 114 valence electrons. The van der Waals surface area contributed by atoms with Crippen molar-refractivity contribution in [3.63, 3.8) is 0 Å². The fraction of sp³-hybridized carbons (Fsp3) is 0.938. The molecule has 2 N–H and O–H groups in total. The van der Waals surface area contributed by atoms with Crippen LogP contribution < -0.4 is 10.6 Å². The maximum Gasteiger partial charge on any atom is 0.191 e. The molecule has 4 nitrogen and oxygen atoms in total. The second-order valence-electron chi connectivity index (χ2n) is 7.24. The summed E-state index contributed by atoms with van der Waals surface area (Å²) < 4.78 is 5.97. The van der Waals surface area contributed by atoms with Crippen molar-refractivity contribution in [1.29, 1.82) is 0 Å². The van der Waals surface area contributed by atoms with Crippen molar-refractivity contribution in [3.8, 4) is 0 Å². The van der Waals surface area contributed by atoms with E-state index < -0.39 is 0 Å². The number of ether oxygens (including phenoxy) is 1. The van der Waals surface area contributed by atoms with Gasteiger partial charge in [0, 0.05) is 37.1 Å². The lowest BCUT2D eigenvalue weighted by Gasteiger charge is -2.60. The van der Waals surface area contributed by atoms with Crippen LogP contribution in [0.15, 0.2) is 4.99 Å². The molecule has 0 aromatic rings. The van der Waals surface area contributed by atoms with Crippen molar-refractivity contribution < 1.29 is 4.74 Å². The first kappa shape index (κ1) is 14.2. The average Bonchev–Trinajstić information content (AvgIpc) is 2.96. The molecule has 3 fully saturated rings. The Morgan fingerprint density at radius 1 is 1.10 bits per heavy atom. The van der Waals surface area contributed by atoms with Crippen LogP contribution in [0.5, 0.6) is 0 Å². The van der Waals surface area contributed by atoms with Gasteiger partial charge in [0.15, 0.2) is 5.96 Å². The van der Waals surface area contributed by atoms with Gasteiger partial charge in [-0.15, -0.1) is 0 Å². The summed E-state index contributed by atoms with van der Waals surface area (Å²) >= 11 is 0. The normalized spacial score (nSPS) is 37.1. The summed E-state index contributed by atoms with van der Waals surface area (Å²) in [5.74, 6) is 1.64. The van der Waals surface area contributed by atoms with Crippen LogP contribution in [-0.4, -0.2) is 37.8 Å². The van der Waals surface area contributed by atoms with Gasteiger partial charge in [-0.25, -0.2) is 0 Å². The van der Waals surface area contributed by atoms with Crippen LogP contribution in [-0.2, 0) is 4.74 Å². The van der Waals surface area contributed by atoms with Gasteiger partial charge in [-0.1, -0.05) is 26.7 Å². The number of fused-ring (bicyclic) bond motifs is 1. The molecule has 0 amide bonds. The Kier molecular flexibility index (Phi) is 3.93. The molecule has 0 spiro atoms. The van der Waals surface area contributed by atoms with Crippen molar-refractivity contribution >= 4 is 5.96 Å². The van der Waals surface area contributed by atoms with Gasteiger partial charge in [0.2, 0.25) is 0 Å². The van der Waals surface area contributed by atoms with Crippen molar-refractivity contribution in [2.45, 2.75) is 70.6 Å². The molecule has 1 heterocycles. The van der Waals surface area contributed by atoms with Crippen molar-refractivity contribution in [3.05, 3.63) is 0 Å². The molecule has 0 aromatic heterocycles. The lowest BCUT2D eigenvalue weighted by Crippen LogP contribution is -2.71. The number of nitrogens with zero attached hydrogens (tertiary/aromatic N) is 1. The quantitative estimate of drug-likeness (QED) is 0.602. The molecule has 0 radical (unpaired) electrons. The van der Waals surface area contributed by atoms with Gasteiger partial charge in [-0.2, -0.15) is 0 Å². The predicted octanol–water partition coefficient (Wildman–Crippen LogP) is 2.30. The molecule has 1 aliphatic heterocycles. The van der Waals surface area contributed by atoms with E-state index in [0.717, 1.165) is 12.6 Å². The Morgan fingerprint density at radius 3 is 2.55 bits per heavy atom. The second-order valence-corrected chi connectivity index (χ2v) is 7.24. The van der Waals surface area contributed by atoms with E-state index >= 15 is 0 Å².